The number of nitrogens with zero attached hydrogens (tertiary/aromatic N) is 2. The van der Waals surface area contributed by atoms with Crippen LogP contribution < -0.4 is 5.32 Å². The van der Waals surface area contributed by atoms with E-state index in [-0.39, 0.29) is 21.8 Å². The first-order valence-corrected chi connectivity index (χ1v) is 8.07. The summed E-state index contributed by atoms with van der Waals surface area (Å²) in [7, 11) is 0. The number of rotatable bonds is 4. The number of nitriles is 2. The predicted octanol–water partition coefficient (Wildman–Crippen LogP) is 3.71. The number of fused-ring (bicyclic) bond motifs is 1. The monoisotopic (exact) mass is 385 g/mol. The molecule has 134 valence electrons. The van der Waals surface area contributed by atoms with E-state index < -0.39 is 28.9 Å². The molecule has 8 heteroatoms. The zero-order chi connectivity index (χ0) is 19.8. The number of nitrogens with one attached hydrogen (secondary N) is 1. The van der Waals surface area contributed by atoms with E-state index in [1.807, 2.05) is 0 Å². The van der Waals surface area contributed by atoms with Crippen LogP contribution in [-0.4, -0.2) is 17.6 Å². The third-order valence-electron chi connectivity index (χ3n) is 4.52. The minimum atomic E-state index is -4.38. The van der Waals surface area contributed by atoms with E-state index in [4.69, 9.17) is 11.6 Å². The summed E-state index contributed by atoms with van der Waals surface area (Å²) in [5, 5.41) is 21.0. The topological polar surface area (TPSA) is 93.8 Å². The van der Waals surface area contributed by atoms with Crippen LogP contribution in [0.2, 0.25) is 5.02 Å². The summed E-state index contributed by atoms with van der Waals surface area (Å²) in [5.41, 5.74) is -3.76. The Bertz CT molecular complexity index is 1010. The first-order chi connectivity index (χ1) is 12.8. The minimum Gasteiger partial charge on any atom is -0.325 e. The van der Waals surface area contributed by atoms with Crippen LogP contribution in [0.25, 0.3) is 0 Å². The second-order valence-corrected chi connectivity index (χ2v) is 6.35. The van der Waals surface area contributed by atoms with E-state index in [9.17, 15) is 20.1 Å². The number of anilines is 1. The van der Waals surface area contributed by atoms with E-state index >= 15 is 8.78 Å². The first kappa shape index (κ1) is 18.5. The van der Waals surface area contributed by atoms with Gasteiger partial charge in [0.15, 0.2) is 11.3 Å². The molecule has 1 aliphatic heterocycles. The van der Waals surface area contributed by atoms with Crippen molar-refractivity contribution in [2.75, 3.05) is 5.32 Å². The summed E-state index contributed by atoms with van der Waals surface area (Å²) in [6.45, 7) is 0. The predicted molar refractivity (Wildman–Crippen MR) is 92.2 cm³/mol. The van der Waals surface area contributed by atoms with Crippen molar-refractivity contribution >= 4 is 29.0 Å². The molecule has 3 rings (SSSR count). The maximum Gasteiger partial charge on any atom is 0.330 e. The number of alkyl halides is 2. The Kier molecular flexibility index (Phi) is 4.43. The highest BCUT2D eigenvalue weighted by Gasteiger charge is 2.71. The van der Waals surface area contributed by atoms with Gasteiger partial charge in [-0.15, -0.1) is 0 Å². The van der Waals surface area contributed by atoms with Gasteiger partial charge in [-0.05, 0) is 18.2 Å². The van der Waals surface area contributed by atoms with Gasteiger partial charge in [-0.25, -0.2) is 0 Å². The number of hydrogen-bond donors (Lipinski definition) is 1. The Hall–Kier alpha value is -3.29. The summed E-state index contributed by atoms with van der Waals surface area (Å²) < 4.78 is 31.2. The molecule has 5 nitrogen and oxygen atoms in total. The van der Waals surface area contributed by atoms with Crippen molar-refractivity contribution in [3.63, 3.8) is 0 Å². The lowest BCUT2D eigenvalue weighted by Gasteiger charge is -2.35. The van der Waals surface area contributed by atoms with Gasteiger partial charge in [-0.1, -0.05) is 41.9 Å². The average molecular weight is 386 g/mol. The lowest BCUT2D eigenvalue weighted by molar-refractivity contribution is -0.134. The molecular formula is C19H10ClF2N3O2. The highest BCUT2D eigenvalue weighted by atomic mass is 35.5. The van der Waals surface area contributed by atoms with Gasteiger partial charge in [0.25, 0.3) is 0 Å². The Labute approximate surface area is 157 Å². The number of carbonyl (C=O) groups is 2. The molecule has 0 saturated carbocycles. The fourth-order valence-corrected chi connectivity index (χ4v) is 3.42. The van der Waals surface area contributed by atoms with Crippen LogP contribution >= 0.6 is 11.6 Å². The number of benzene rings is 2. The average Bonchev–Trinajstić information content (AvgIpc) is 2.96. The molecule has 0 aromatic heterocycles. The Balaban J connectivity index is 2.33. The number of Topliss-reactive ketones (excluding diaryl/α,β-unsaturated/α-hetero) is 1. The number of halogens is 3. The summed E-state index contributed by atoms with van der Waals surface area (Å²) in [6, 6.07) is 13.3. The third kappa shape index (κ3) is 2.48. The molecule has 1 atom stereocenters. The van der Waals surface area contributed by atoms with Crippen molar-refractivity contribution in [2.24, 2.45) is 5.92 Å². The molecule has 0 radical (unpaired) electrons. The van der Waals surface area contributed by atoms with Crippen molar-refractivity contribution in [1.82, 2.24) is 0 Å². The van der Waals surface area contributed by atoms with Gasteiger partial charge in [-0.2, -0.15) is 19.3 Å². The largest absolute Gasteiger partial charge is 0.330 e. The standard InChI is InChI=1S/C19H10ClF2N3O2/c20-13-6-7-15-14(8-13)18(17(27)25-15,12(9-23)10-24)19(21,22)16(26)11-4-2-1-3-5-11/h1-8,12H,(H,25,27)/t18-/m1/s1. The Morgan fingerprint density at radius 3 is 2.37 bits per heavy atom. The zero-order valence-corrected chi connectivity index (χ0v) is 14.3. The third-order valence-corrected chi connectivity index (χ3v) is 4.76. The Morgan fingerprint density at radius 2 is 1.78 bits per heavy atom. The number of hydrogen-bond acceptors (Lipinski definition) is 4. The number of amides is 1. The van der Waals surface area contributed by atoms with Gasteiger partial charge >= 0.3 is 5.92 Å². The fraction of sp³-hybridized carbons (Fsp3) is 0.158. The molecule has 2 aromatic rings. The number of carbonyl (C=O) groups excluding carboxylic acids is 2. The quantitative estimate of drug-likeness (QED) is 0.812. The molecule has 0 unspecified atom stereocenters. The smallest absolute Gasteiger partial charge is 0.325 e. The lowest BCUT2D eigenvalue weighted by atomic mass is 9.65. The first-order valence-electron chi connectivity index (χ1n) is 7.69. The second kappa shape index (κ2) is 6.46. The van der Waals surface area contributed by atoms with Gasteiger partial charge in [0, 0.05) is 21.8 Å². The van der Waals surface area contributed by atoms with Crippen LogP contribution in [0.3, 0.4) is 0 Å². The molecule has 0 saturated heterocycles. The molecule has 1 amide bonds. The maximum atomic E-state index is 15.6. The van der Waals surface area contributed by atoms with Crippen LogP contribution in [0.15, 0.2) is 48.5 Å². The van der Waals surface area contributed by atoms with Gasteiger partial charge < -0.3 is 5.32 Å². The normalized spacial score (nSPS) is 18.4. The van der Waals surface area contributed by atoms with Crippen molar-refractivity contribution < 1.29 is 18.4 Å². The van der Waals surface area contributed by atoms with Gasteiger partial charge in [-0.3, -0.25) is 9.59 Å². The highest BCUT2D eigenvalue weighted by molar-refractivity contribution is 6.31. The molecule has 0 bridgehead atoms. The van der Waals surface area contributed by atoms with E-state index in [0.29, 0.717) is 0 Å². The molecule has 0 spiro atoms. The molecular weight excluding hydrogens is 376 g/mol. The van der Waals surface area contributed by atoms with E-state index in [1.165, 1.54) is 54.6 Å². The molecule has 0 aliphatic carbocycles. The molecule has 0 fully saturated rings. The van der Waals surface area contributed by atoms with Gasteiger partial charge in [0.2, 0.25) is 11.7 Å². The van der Waals surface area contributed by atoms with E-state index in [0.717, 1.165) is 6.07 Å². The van der Waals surface area contributed by atoms with Crippen molar-refractivity contribution in [3.05, 3.63) is 64.7 Å². The van der Waals surface area contributed by atoms with Crippen LogP contribution in [0, 0.1) is 28.6 Å². The lowest BCUT2D eigenvalue weighted by Crippen LogP contribution is -2.58. The fourth-order valence-electron chi connectivity index (χ4n) is 3.25. The summed E-state index contributed by atoms with van der Waals surface area (Å²) in [6.07, 6.45) is 0. The minimum absolute atomic E-state index is 0.0206. The maximum absolute atomic E-state index is 15.6. The summed E-state index contributed by atoms with van der Waals surface area (Å²) >= 11 is 5.90. The van der Waals surface area contributed by atoms with Crippen LogP contribution in [0.4, 0.5) is 14.5 Å². The summed E-state index contributed by atoms with van der Waals surface area (Å²) in [5.74, 6) is -9.48. The van der Waals surface area contributed by atoms with Crippen LogP contribution in [0.5, 0.6) is 0 Å². The SMILES string of the molecule is N#CC(C#N)[C@]1(C(F)(F)C(=O)c2ccccc2)C(=O)Nc2ccc(Cl)cc21. The van der Waals surface area contributed by atoms with Crippen molar-refractivity contribution in [2.45, 2.75) is 11.3 Å². The van der Waals surface area contributed by atoms with Crippen LogP contribution in [0.1, 0.15) is 15.9 Å². The number of ketones is 1. The molecule has 1 heterocycles. The molecule has 2 aromatic carbocycles. The zero-order valence-electron chi connectivity index (χ0n) is 13.5. The molecule has 27 heavy (non-hydrogen) atoms. The van der Waals surface area contributed by atoms with Crippen molar-refractivity contribution in [3.8, 4) is 12.1 Å². The van der Waals surface area contributed by atoms with E-state index in [2.05, 4.69) is 5.32 Å². The summed E-state index contributed by atoms with van der Waals surface area (Å²) in [4.78, 5) is 25.4. The Morgan fingerprint density at radius 1 is 1.15 bits per heavy atom. The van der Waals surface area contributed by atoms with Gasteiger partial charge in [0.1, 0.15) is 0 Å². The highest BCUT2D eigenvalue weighted by Crippen LogP contribution is 2.53. The van der Waals surface area contributed by atoms with Crippen molar-refractivity contribution in [1.29, 1.82) is 10.5 Å². The van der Waals surface area contributed by atoms with Crippen LogP contribution in [-0.2, 0) is 10.2 Å². The van der Waals surface area contributed by atoms with Gasteiger partial charge in [0.05, 0.1) is 12.1 Å². The van der Waals surface area contributed by atoms with E-state index in [1.54, 1.807) is 0 Å². The molecule has 1 N–H and O–H groups in total. The second-order valence-electron chi connectivity index (χ2n) is 5.91. The molecule has 1 aliphatic rings.